The van der Waals surface area contributed by atoms with Crippen LogP contribution in [-0.4, -0.2) is 21.9 Å². The van der Waals surface area contributed by atoms with Crippen molar-refractivity contribution in [1.29, 1.82) is 0 Å². The molecule has 1 unspecified atom stereocenters. The van der Waals surface area contributed by atoms with Crippen molar-refractivity contribution >= 4 is 0 Å². The van der Waals surface area contributed by atoms with Gasteiger partial charge < -0.3 is 15.3 Å². The van der Waals surface area contributed by atoms with Gasteiger partial charge in [0, 0.05) is 25.2 Å². The van der Waals surface area contributed by atoms with E-state index in [1.165, 1.54) is 0 Å². The van der Waals surface area contributed by atoms with E-state index in [9.17, 15) is 15.3 Å². The Balaban J connectivity index is 2.56. The minimum atomic E-state index is -3.63. The molecule has 3 atom stereocenters. The summed E-state index contributed by atoms with van der Waals surface area (Å²) >= 11 is 0. The Hall–Kier alpha value is -1.74. The first-order valence-corrected chi connectivity index (χ1v) is 7.75. The van der Waals surface area contributed by atoms with Crippen molar-refractivity contribution < 1.29 is 29.0 Å². The fourth-order valence-corrected chi connectivity index (χ4v) is 3.17. The fourth-order valence-electron chi connectivity index (χ4n) is 3.17. The zero-order valence-corrected chi connectivity index (χ0v) is 13.6. The Kier molecular flexibility index (Phi) is 3.18. The lowest BCUT2D eigenvalue weighted by Gasteiger charge is -2.31. The Labute approximate surface area is 159 Å². The van der Waals surface area contributed by atoms with Gasteiger partial charge in [0.05, 0.1) is 6.61 Å². The van der Waals surface area contributed by atoms with E-state index in [0.29, 0.717) is 18.4 Å². The number of aromatic hydroxyl groups is 2. The standard InChI is InChI=1S/C21H30O3/c1-4-5-6-7-15-11-19(23)21(20(24)12-15)18-10-16(13-22)8-9-17(18)14(2)3/h10-12,17-18,22-24H,2,4-9,13H2,1,3H3/t17-,18+/m0/s1/i1D3,4D2,5D2,6D2,7D/t7?,17-,18+. The van der Waals surface area contributed by atoms with Crippen LogP contribution in [-0.2, 0) is 6.40 Å². The van der Waals surface area contributed by atoms with E-state index in [1.807, 2.05) is 0 Å². The molecule has 132 valence electrons. The van der Waals surface area contributed by atoms with E-state index in [2.05, 4.69) is 6.58 Å². The van der Waals surface area contributed by atoms with Gasteiger partial charge in [-0.05, 0) is 61.7 Å². The zero-order chi connectivity index (χ0) is 26.4. The van der Waals surface area contributed by atoms with Crippen LogP contribution in [0, 0.1) is 5.92 Å². The molecule has 24 heavy (non-hydrogen) atoms. The van der Waals surface area contributed by atoms with Crippen LogP contribution in [0.2, 0.25) is 0 Å². The van der Waals surface area contributed by atoms with Gasteiger partial charge in [-0.2, -0.15) is 0 Å². The molecule has 3 N–H and O–H groups in total. The minimum Gasteiger partial charge on any atom is -0.507 e. The Bertz CT molecular complexity index is 945. The van der Waals surface area contributed by atoms with Gasteiger partial charge in [0.2, 0.25) is 0 Å². The van der Waals surface area contributed by atoms with Crippen molar-refractivity contribution in [3.05, 3.63) is 47.1 Å². The van der Waals surface area contributed by atoms with Crippen molar-refractivity contribution in [2.45, 2.75) is 58.1 Å². The van der Waals surface area contributed by atoms with Crippen LogP contribution in [0.25, 0.3) is 0 Å². The molecule has 0 fully saturated rings. The molecule has 0 bridgehead atoms. The third-order valence-electron chi connectivity index (χ3n) is 4.33. The monoisotopic (exact) mass is 340 g/mol. The number of allylic oxidation sites excluding steroid dienone is 2. The largest absolute Gasteiger partial charge is 0.507 e. The summed E-state index contributed by atoms with van der Waals surface area (Å²) in [5.41, 5.74) is 1.22. The lowest BCUT2D eigenvalue weighted by atomic mass is 9.73. The van der Waals surface area contributed by atoms with Gasteiger partial charge in [-0.1, -0.05) is 37.8 Å². The molecule has 1 aromatic rings. The highest BCUT2D eigenvalue weighted by Crippen LogP contribution is 2.46. The number of rotatable bonds is 7. The summed E-state index contributed by atoms with van der Waals surface area (Å²) in [4.78, 5) is 0. The minimum absolute atomic E-state index is 0.0796. The van der Waals surface area contributed by atoms with E-state index in [0.717, 1.165) is 17.7 Å². The first-order chi connectivity index (χ1) is 15.3. The van der Waals surface area contributed by atoms with Crippen LogP contribution in [0.1, 0.15) is 76.5 Å². The van der Waals surface area contributed by atoms with Crippen LogP contribution >= 0.6 is 0 Å². The van der Waals surface area contributed by atoms with E-state index in [4.69, 9.17) is 13.7 Å². The van der Waals surface area contributed by atoms with E-state index >= 15 is 0 Å². The topological polar surface area (TPSA) is 60.7 Å². The van der Waals surface area contributed by atoms with Gasteiger partial charge in [-0.25, -0.2) is 0 Å². The maximum atomic E-state index is 10.7. The van der Waals surface area contributed by atoms with Crippen LogP contribution in [0.3, 0.4) is 0 Å². The SMILES string of the molecule is [2H]C(c1cc(O)c([C@@H]2C=C(CO)CC[C@H]2C(=C)C)c(O)c1)C([2H])([2H])C([2H])([2H])C([2H])([2H])C([2H])([2H])[2H]. The predicted molar refractivity (Wildman–Crippen MR) is 98.4 cm³/mol. The summed E-state index contributed by atoms with van der Waals surface area (Å²) in [6.45, 7) is 2.05. The fraction of sp³-hybridized carbons (Fsp3) is 0.524. The smallest absolute Gasteiger partial charge is 0.123 e. The molecule has 0 saturated carbocycles. The molecule has 0 saturated heterocycles. The molecule has 1 aliphatic rings. The van der Waals surface area contributed by atoms with E-state index in [-0.39, 0.29) is 23.7 Å². The number of benzene rings is 1. The Morgan fingerprint density at radius 3 is 2.62 bits per heavy atom. The summed E-state index contributed by atoms with van der Waals surface area (Å²) in [6.07, 6.45) is -9.86. The first-order valence-electron chi connectivity index (χ1n) is 12.8. The molecule has 1 aliphatic carbocycles. The third-order valence-corrected chi connectivity index (χ3v) is 4.33. The molecule has 2 rings (SSSR count). The lowest BCUT2D eigenvalue weighted by Crippen LogP contribution is -2.18. The summed E-state index contributed by atoms with van der Waals surface area (Å²) < 4.78 is 77.8. The van der Waals surface area contributed by atoms with Crippen molar-refractivity contribution in [1.82, 2.24) is 0 Å². The van der Waals surface area contributed by atoms with Gasteiger partial charge in [0.25, 0.3) is 0 Å². The first kappa shape index (κ1) is 9.10. The molecule has 0 spiro atoms. The highest BCUT2D eigenvalue weighted by molar-refractivity contribution is 5.52. The molecule has 3 nitrogen and oxygen atoms in total. The summed E-state index contributed by atoms with van der Waals surface area (Å²) in [5, 5.41) is 31.0. The molecule has 0 heterocycles. The third kappa shape index (κ3) is 4.21. The molecule has 0 aliphatic heterocycles. The molecule has 3 heteroatoms. The second kappa shape index (κ2) is 8.39. The molecular weight excluding hydrogens is 300 g/mol. The highest BCUT2D eigenvalue weighted by atomic mass is 16.3. The van der Waals surface area contributed by atoms with Crippen LogP contribution in [0.4, 0.5) is 0 Å². The lowest BCUT2D eigenvalue weighted by molar-refractivity contribution is 0.314. The normalized spacial score (nSPS) is 30.5. The maximum absolute atomic E-state index is 10.7. The van der Waals surface area contributed by atoms with Crippen molar-refractivity contribution in [2.75, 3.05) is 6.61 Å². The zero-order valence-electron chi connectivity index (χ0n) is 23.6. The van der Waals surface area contributed by atoms with Crippen molar-refractivity contribution in [3.63, 3.8) is 0 Å². The van der Waals surface area contributed by atoms with Gasteiger partial charge in [-0.3, -0.25) is 0 Å². The van der Waals surface area contributed by atoms with Crippen LogP contribution in [0.15, 0.2) is 35.9 Å². The van der Waals surface area contributed by atoms with E-state index < -0.39 is 49.8 Å². The second-order valence-corrected chi connectivity index (χ2v) is 6.01. The number of hydrogen-bond donors (Lipinski definition) is 3. The number of hydrogen-bond acceptors (Lipinski definition) is 3. The highest BCUT2D eigenvalue weighted by Gasteiger charge is 2.30. The maximum Gasteiger partial charge on any atom is 0.123 e. The molecule has 0 amide bonds. The molecule has 1 aromatic carbocycles. The Morgan fingerprint density at radius 2 is 2.04 bits per heavy atom. The van der Waals surface area contributed by atoms with Crippen molar-refractivity contribution in [2.24, 2.45) is 5.92 Å². The summed E-state index contributed by atoms with van der Waals surface area (Å²) in [5.74, 6) is -1.71. The number of aliphatic hydroxyl groups is 1. The number of aliphatic hydroxyl groups excluding tert-OH is 1. The van der Waals surface area contributed by atoms with Crippen molar-refractivity contribution in [3.8, 4) is 11.5 Å². The van der Waals surface area contributed by atoms with Crippen LogP contribution < -0.4 is 0 Å². The molecule has 0 radical (unpaired) electrons. The van der Waals surface area contributed by atoms with Crippen LogP contribution in [0.5, 0.6) is 11.5 Å². The molecular formula is C21H30O3. The Morgan fingerprint density at radius 1 is 1.33 bits per heavy atom. The summed E-state index contributed by atoms with van der Waals surface area (Å²) in [7, 11) is 0. The van der Waals surface area contributed by atoms with E-state index in [1.54, 1.807) is 13.0 Å². The second-order valence-electron chi connectivity index (χ2n) is 6.01. The van der Waals surface area contributed by atoms with Gasteiger partial charge >= 0.3 is 0 Å². The summed E-state index contributed by atoms with van der Waals surface area (Å²) in [6, 6.07) is 1.98. The van der Waals surface area contributed by atoms with Gasteiger partial charge in [0.15, 0.2) is 0 Å². The van der Waals surface area contributed by atoms with Gasteiger partial charge in [-0.15, -0.1) is 0 Å². The van der Waals surface area contributed by atoms with Gasteiger partial charge in [0.1, 0.15) is 11.5 Å². The average molecular weight is 341 g/mol. The number of phenols is 2. The predicted octanol–water partition coefficient (Wildman–Crippen LogP) is 4.82. The quantitative estimate of drug-likeness (QED) is 0.624. The average Bonchev–Trinajstić information content (AvgIpc) is 2.71. The number of phenolic OH excluding ortho intramolecular Hbond substituents is 2. The molecule has 0 aromatic heterocycles. The number of aryl methyl sites for hydroxylation is 1.